The number of carbonyl (C=O) groups excluding carboxylic acids is 2. The highest BCUT2D eigenvalue weighted by Gasteiger charge is 2.22. The first-order valence-electron chi connectivity index (χ1n) is 6.30. The second-order valence-corrected chi connectivity index (χ2v) is 4.85. The van der Waals surface area contributed by atoms with Crippen LogP contribution >= 0.6 is 0 Å². The Morgan fingerprint density at radius 1 is 1.38 bits per heavy atom. The number of piperazine rings is 1. The molecule has 0 atom stereocenters. The number of hydrogen-bond donors (Lipinski definition) is 1. The summed E-state index contributed by atoms with van der Waals surface area (Å²) in [5.74, 6) is 0.879. The van der Waals surface area contributed by atoms with Crippen molar-refractivity contribution >= 4 is 11.8 Å². The van der Waals surface area contributed by atoms with E-state index in [4.69, 9.17) is 0 Å². The molecule has 0 bridgehead atoms. The van der Waals surface area contributed by atoms with Crippen LogP contribution in [0.3, 0.4) is 0 Å². The molecule has 0 spiro atoms. The first-order valence-corrected chi connectivity index (χ1v) is 6.30. The number of amides is 2. The molecule has 1 heterocycles. The van der Waals surface area contributed by atoms with Gasteiger partial charge in [0.25, 0.3) is 0 Å². The monoisotopic (exact) mass is 224 g/mol. The predicted molar refractivity (Wildman–Crippen MR) is 60.8 cm³/mol. The zero-order chi connectivity index (χ0) is 11.4. The molecule has 4 nitrogen and oxygen atoms in total. The minimum atomic E-state index is -0.0273. The molecule has 1 aliphatic heterocycles. The third kappa shape index (κ3) is 2.97. The Bertz CT molecular complexity index is 272. The van der Waals surface area contributed by atoms with Gasteiger partial charge in [0.15, 0.2) is 0 Å². The van der Waals surface area contributed by atoms with Crippen molar-refractivity contribution in [3.63, 3.8) is 0 Å². The molecule has 1 N–H and O–H groups in total. The Hall–Kier alpha value is -1.06. The van der Waals surface area contributed by atoms with Crippen molar-refractivity contribution in [3.05, 3.63) is 0 Å². The molecular weight excluding hydrogens is 204 g/mol. The summed E-state index contributed by atoms with van der Waals surface area (Å²) in [5.41, 5.74) is 0. The lowest BCUT2D eigenvalue weighted by Gasteiger charge is -2.27. The second kappa shape index (κ2) is 5.32. The van der Waals surface area contributed by atoms with Crippen molar-refractivity contribution in [2.24, 2.45) is 5.92 Å². The zero-order valence-electron chi connectivity index (χ0n) is 9.71. The fraction of sp³-hybridized carbons (Fsp3) is 0.833. The molecule has 0 unspecified atom stereocenters. The van der Waals surface area contributed by atoms with Gasteiger partial charge < -0.3 is 10.2 Å². The van der Waals surface area contributed by atoms with Gasteiger partial charge >= 0.3 is 0 Å². The average Bonchev–Trinajstić information content (AvgIpc) is 2.78. The quantitative estimate of drug-likeness (QED) is 0.775. The maximum atomic E-state index is 11.8. The van der Waals surface area contributed by atoms with Gasteiger partial charge in [-0.25, -0.2) is 0 Å². The molecule has 0 aromatic carbocycles. The van der Waals surface area contributed by atoms with Crippen molar-refractivity contribution < 1.29 is 9.59 Å². The Morgan fingerprint density at radius 3 is 2.81 bits per heavy atom. The molecule has 0 aromatic rings. The third-order valence-corrected chi connectivity index (χ3v) is 3.63. The first kappa shape index (κ1) is 11.4. The predicted octanol–water partition coefficient (Wildman–Crippen LogP) is 0.915. The van der Waals surface area contributed by atoms with Gasteiger partial charge in [0.2, 0.25) is 11.8 Å². The lowest BCUT2D eigenvalue weighted by atomic mass is 10.0. The van der Waals surface area contributed by atoms with E-state index < -0.39 is 0 Å². The molecule has 1 aliphatic carbocycles. The minimum absolute atomic E-state index is 0.0273. The number of rotatable bonds is 3. The van der Waals surface area contributed by atoms with E-state index in [1.165, 1.54) is 25.7 Å². The van der Waals surface area contributed by atoms with E-state index in [-0.39, 0.29) is 18.4 Å². The van der Waals surface area contributed by atoms with Crippen LogP contribution in [0.4, 0.5) is 0 Å². The molecule has 90 valence electrons. The van der Waals surface area contributed by atoms with Gasteiger partial charge in [-0.15, -0.1) is 0 Å². The molecule has 2 rings (SSSR count). The van der Waals surface area contributed by atoms with Gasteiger partial charge in [0.05, 0.1) is 6.54 Å². The van der Waals surface area contributed by atoms with Crippen LogP contribution in [-0.2, 0) is 9.59 Å². The van der Waals surface area contributed by atoms with Crippen LogP contribution in [0.25, 0.3) is 0 Å². The maximum absolute atomic E-state index is 11.8. The summed E-state index contributed by atoms with van der Waals surface area (Å²) in [5, 5.41) is 2.73. The molecule has 0 radical (unpaired) electrons. The van der Waals surface area contributed by atoms with Gasteiger partial charge in [-0.2, -0.15) is 0 Å². The highest BCUT2D eigenvalue weighted by molar-refractivity contribution is 5.85. The largest absolute Gasteiger partial charge is 0.353 e. The summed E-state index contributed by atoms with van der Waals surface area (Å²) >= 11 is 0. The van der Waals surface area contributed by atoms with Crippen LogP contribution in [0.1, 0.15) is 38.5 Å². The molecule has 2 fully saturated rings. The molecule has 1 saturated carbocycles. The molecule has 0 aromatic heterocycles. The first-order chi connectivity index (χ1) is 7.75. The Kier molecular flexibility index (Phi) is 3.80. The summed E-state index contributed by atoms with van der Waals surface area (Å²) in [6.45, 7) is 1.53. The van der Waals surface area contributed by atoms with Gasteiger partial charge in [-0.3, -0.25) is 9.59 Å². The lowest BCUT2D eigenvalue weighted by molar-refractivity contribution is -0.138. The minimum Gasteiger partial charge on any atom is -0.353 e. The number of carbonyl (C=O) groups is 2. The summed E-state index contributed by atoms with van der Waals surface area (Å²) in [4.78, 5) is 24.7. The fourth-order valence-electron chi connectivity index (χ4n) is 2.64. The van der Waals surface area contributed by atoms with Crippen LogP contribution in [-0.4, -0.2) is 36.3 Å². The van der Waals surface area contributed by atoms with Crippen LogP contribution in [0.2, 0.25) is 0 Å². The molecule has 2 amide bonds. The zero-order valence-corrected chi connectivity index (χ0v) is 9.71. The van der Waals surface area contributed by atoms with Gasteiger partial charge in [0.1, 0.15) is 0 Å². The van der Waals surface area contributed by atoms with E-state index in [2.05, 4.69) is 5.32 Å². The van der Waals surface area contributed by atoms with E-state index >= 15 is 0 Å². The van der Waals surface area contributed by atoms with Gasteiger partial charge in [-0.1, -0.05) is 25.7 Å². The number of nitrogens with zero attached hydrogens (tertiary/aromatic N) is 1. The van der Waals surface area contributed by atoms with Crippen molar-refractivity contribution in [1.82, 2.24) is 10.2 Å². The Morgan fingerprint density at radius 2 is 2.12 bits per heavy atom. The van der Waals surface area contributed by atoms with Crippen LogP contribution in [0.15, 0.2) is 0 Å². The lowest BCUT2D eigenvalue weighted by Crippen LogP contribution is -2.49. The van der Waals surface area contributed by atoms with Gasteiger partial charge in [-0.05, 0) is 12.3 Å². The summed E-state index contributed by atoms with van der Waals surface area (Å²) in [6, 6.07) is 0. The van der Waals surface area contributed by atoms with E-state index in [1.54, 1.807) is 4.90 Å². The number of hydrogen-bond acceptors (Lipinski definition) is 2. The summed E-state index contributed by atoms with van der Waals surface area (Å²) < 4.78 is 0. The van der Waals surface area contributed by atoms with Gasteiger partial charge in [0, 0.05) is 19.5 Å². The molecular formula is C12H20N2O2. The van der Waals surface area contributed by atoms with E-state index in [0.29, 0.717) is 19.5 Å². The Balaban J connectivity index is 1.72. The van der Waals surface area contributed by atoms with E-state index in [0.717, 1.165) is 12.3 Å². The summed E-state index contributed by atoms with van der Waals surface area (Å²) in [6.07, 6.45) is 6.85. The normalized spacial score (nSPS) is 22.2. The maximum Gasteiger partial charge on any atom is 0.239 e. The average molecular weight is 224 g/mol. The highest BCUT2D eigenvalue weighted by Crippen LogP contribution is 2.28. The highest BCUT2D eigenvalue weighted by atomic mass is 16.2. The standard InChI is InChI=1S/C12H20N2O2/c15-11-9-14(8-7-13-11)12(16)6-5-10-3-1-2-4-10/h10H,1-9H2,(H,13,15). The van der Waals surface area contributed by atoms with E-state index in [1.807, 2.05) is 0 Å². The van der Waals surface area contributed by atoms with Crippen LogP contribution in [0, 0.1) is 5.92 Å². The number of nitrogens with one attached hydrogen (secondary N) is 1. The molecule has 2 aliphatic rings. The SMILES string of the molecule is O=C1CN(C(=O)CCC2CCCC2)CCN1. The topological polar surface area (TPSA) is 49.4 Å². The molecule has 16 heavy (non-hydrogen) atoms. The molecule has 4 heteroatoms. The molecule has 1 saturated heterocycles. The smallest absolute Gasteiger partial charge is 0.239 e. The van der Waals surface area contributed by atoms with E-state index in [9.17, 15) is 9.59 Å². The second-order valence-electron chi connectivity index (χ2n) is 4.85. The van der Waals surface area contributed by atoms with Crippen molar-refractivity contribution in [3.8, 4) is 0 Å². The Labute approximate surface area is 96.4 Å². The third-order valence-electron chi connectivity index (χ3n) is 3.63. The van der Waals surface area contributed by atoms with Crippen LogP contribution < -0.4 is 5.32 Å². The van der Waals surface area contributed by atoms with Crippen molar-refractivity contribution in [2.75, 3.05) is 19.6 Å². The fourth-order valence-corrected chi connectivity index (χ4v) is 2.64. The van der Waals surface area contributed by atoms with Crippen molar-refractivity contribution in [2.45, 2.75) is 38.5 Å². The summed E-state index contributed by atoms with van der Waals surface area (Å²) in [7, 11) is 0. The van der Waals surface area contributed by atoms with Crippen LogP contribution in [0.5, 0.6) is 0 Å². The van der Waals surface area contributed by atoms with Crippen molar-refractivity contribution in [1.29, 1.82) is 0 Å².